The van der Waals surface area contributed by atoms with E-state index in [0.29, 0.717) is 12.5 Å². The molecule has 0 aromatic heterocycles. The van der Waals surface area contributed by atoms with Crippen LogP contribution in [0.1, 0.15) is 52.4 Å². The summed E-state index contributed by atoms with van der Waals surface area (Å²) in [6.07, 6.45) is 7.19. The van der Waals surface area contributed by atoms with Gasteiger partial charge in [-0.15, -0.1) is 0 Å². The molecule has 4 heteroatoms. The molecule has 2 rings (SSSR count). The third-order valence-electron chi connectivity index (χ3n) is 5.18. The van der Waals surface area contributed by atoms with Gasteiger partial charge in [0.15, 0.2) is 0 Å². The van der Waals surface area contributed by atoms with Crippen molar-refractivity contribution in [2.75, 3.05) is 13.6 Å². The average molecular weight is 280 g/mol. The molecule has 114 valence electrons. The molecule has 2 bridgehead atoms. The average Bonchev–Trinajstić information content (AvgIpc) is 3.06. The highest BCUT2D eigenvalue weighted by atomic mass is 16.2. The topological polar surface area (TPSA) is 49.4 Å². The summed E-state index contributed by atoms with van der Waals surface area (Å²) in [5.74, 6) is 1.38. The van der Waals surface area contributed by atoms with Crippen LogP contribution in [-0.4, -0.2) is 36.3 Å². The minimum Gasteiger partial charge on any atom is -0.345 e. The van der Waals surface area contributed by atoms with Crippen LogP contribution in [0.5, 0.6) is 0 Å². The minimum atomic E-state index is -0.432. The summed E-state index contributed by atoms with van der Waals surface area (Å²) in [6.45, 7) is 4.80. The molecule has 0 saturated heterocycles. The summed E-state index contributed by atoms with van der Waals surface area (Å²) in [4.78, 5) is 25.5. The first-order chi connectivity index (χ1) is 9.52. The van der Waals surface area contributed by atoms with Gasteiger partial charge in [0.05, 0.1) is 0 Å². The number of likely N-dealkylation sites (N-methyl/N-ethyl adjacent to an activating group) is 1. The quantitative estimate of drug-likeness (QED) is 0.785. The second-order valence-electron chi connectivity index (χ2n) is 6.68. The molecule has 0 heterocycles. The molecular weight excluding hydrogens is 252 g/mol. The summed E-state index contributed by atoms with van der Waals surface area (Å²) in [5, 5.41) is 2.93. The number of carbonyl (C=O) groups is 2. The molecule has 0 aliphatic heterocycles. The molecule has 4 nitrogen and oxygen atoms in total. The zero-order chi connectivity index (χ0) is 14.7. The monoisotopic (exact) mass is 280 g/mol. The van der Waals surface area contributed by atoms with E-state index in [4.69, 9.17) is 0 Å². The highest BCUT2D eigenvalue weighted by molar-refractivity contribution is 6.35. The van der Waals surface area contributed by atoms with Crippen LogP contribution in [0.25, 0.3) is 0 Å². The van der Waals surface area contributed by atoms with Crippen LogP contribution in [-0.2, 0) is 9.59 Å². The van der Waals surface area contributed by atoms with Crippen molar-refractivity contribution in [3.05, 3.63) is 0 Å². The van der Waals surface area contributed by atoms with Gasteiger partial charge in [-0.05, 0) is 50.4 Å². The number of fused-ring (bicyclic) bond motifs is 2. The molecule has 0 spiro atoms. The summed E-state index contributed by atoms with van der Waals surface area (Å²) < 4.78 is 0. The Kier molecular flexibility index (Phi) is 5.06. The van der Waals surface area contributed by atoms with E-state index < -0.39 is 11.8 Å². The molecule has 4 atom stereocenters. The molecule has 0 radical (unpaired) electrons. The van der Waals surface area contributed by atoms with Gasteiger partial charge in [0.2, 0.25) is 0 Å². The van der Waals surface area contributed by atoms with Gasteiger partial charge in [-0.25, -0.2) is 0 Å². The summed E-state index contributed by atoms with van der Waals surface area (Å²) >= 11 is 0. The lowest BCUT2D eigenvalue weighted by Gasteiger charge is -2.28. The summed E-state index contributed by atoms with van der Waals surface area (Å²) in [7, 11) is 1.71. The maximum absolute atomic E-state index is 12.0. The zero-order valence-electron chi connectivity index (χ0n) is 13.0. The molecular formula is C16H28N2O2. The molecule has 4 unspecified atom stereocenters. The highest BCUT2D eigenvalue weighted by Crippen LogP contribution is 2.49. The third-order valence-corrected chi connectivity index (χ3v) is 5.18. The van der Waals surface area contributed by atoms with E-state index in [1.807, 2.05) is 0 Å². The Bertz CT molecular complexity index is 369. The van der Waals surface area contributed by atoms with Crippen molar-refractivity contribution in [2.24, 2.45) is 17.8 Å². The predicted octanol–water partition coefficient (Wildman–Crippen LogP) is 2.19. The van der Waals surface area contributed by atoms with Crippen LogP contribution >= 0.6 is 0 Å². The first-order valence-electron chi connectivity index (χ1n) is 8.08. The molecule has 0 aromatic carbocycles. The van der Waals surface area contributed by atoms with Crippen molar-refractivity contribution >= 4 is 11.8 Å². The third kappa shape index (κ3) is 3.33. The minimum absolute atomic E-state index is 0.126. The van der Waals surface area contributed by atoms with Crippen molar-refractivity contribution in [1.82, 2.24) is 10.2 Å². The zero-order valence-corrected chi connectivity index (χ0v) is 13.0. The fourth-order valence-corrected chi connectivity index (χ4v) is 3.95. The second kappa shape index (κ2) is 6.59. The van der Waals surface area contributed by atoms with E-state index in [1.165, 1.54) is 30.6 Å². The Labute approximate surface area is 122 Å². The summed E-state index contributed by atoms with van der Waals surface area (Å²) in [5.41, 5.74) is 0. The number of unbranched alkanes of at least 4 members (excludes halogenated alkanes) is 1. The van der Waals surface area contributed by atoms with Gasteiger partial charge in [0.1, 0.15) is 0 Å². The van der Waals surface area contributed by atoms with Gasteiger partial charge in [0, 0.05) is 19.6 Å². The van der Waals surface area contributed by atoms with E-state index in [9.17, 15) is 9.59 Å². The van der Waals surface area contributed by atoms with Crippen LogP contribution in [0.3, 0.4) is 0 Å². The fourth-order valence-electron chi connectivity index (χ4n) is 3.95. The largest absolute Gasteiger partial charge is 0.345 e. The van der Waals surface area contributed by atoms with Crippen molar-refractivity contribution in [2.45, 2.75) is 58.4 Å². The Hall–Kier alpha value is -1.06. The lowest BCUT2D eigenvalue weighted by molar-refractivity contribution is -0.145. The van der Waals surface area contributed by atoms with Crippen LogP contribution in [0.2, 0.25) is 0 Å². The Balaban J connectivity index is 1.80. The first-order valence-corrected chi connectivity index (χ1v) is 8.08. The maximum Gasteiger partial charge on any atom is 0.311 e. The number of nitrogens with one attached hydrogen (secondary N) is 1. The van der Waals surface area contributed by atoms with Gasteiger partial charge in [-0.3, -0.25) is 9.59 Å². The van der Waals surface area contributed by atoms with Gasteiger partial charge in [-0.1, -0.05) is 19.8 Å². The molecule has 2 saturated carbocycles. The molecule has 2 amide bonds. The van der Waals surface area contributed by atoms with E-state index >= 15 is 0 Å². The van der Waals surface area contributed by atoms with Gasteiger partial charge in [-0.2, -0.15) is 0 Å². The number of nitrogens with zero attached hydrogens (tertiary/aromatic N) is 1. The molecule has 2 aliphatic rings. The summed E-state index contributed by atoms with van der Waals surface area (Å²) in [6, 6.07) is 0.126. The van der Waals surface area contributed by atoms with Gasteiger partial charge < -0.3 is 10.2 Å². The van der Waals surface area contributed by atoms with Crippen LogP contribution in [0, 0.1) is 17.8 Å². The molecule has 2 fully saturated rings. The SMILES string of the molecule is CCCCN(C)C(=O)C(=O)NC(C)C1CC2CCC1C2. The van der Waals surface area contributed by atoms with E-state index in [-0.39, 0.29) is 6.04 Å². The maximum atomic E-state index is 12.0. The van der Waals surface area contributed by atoms with Crippen molar-refractivity contribution in [3.63, 3.8) is 0 Å². The van der Waals surface area contributed by atoms with Gasteiger partial charge >= 0.3 is 11.8 Å². The normalized spacial score (nSPS) is 29.2. The number of rotatable bonds is 5. The Morgan fingerprint density at radius 2 is 2.05 bits per heavy atom. The Morgan fingerprint density at radius 1 is 1.30 bits per heavy atom. The van der Waals surface area contributed by atoms with Crippen LogP contribution in [0.4, 0.5) is 0 Å². The molecule has 0 aromatic rings. The Morgan fingerprint density at radius 3 is 2.60 bits per heavy atom. The van der Waals surface area contributed by atoms with Crippen molar-refractivity contribution in [3.8, 4) is 0 Å². The fraction of sp³-hybridized carbons (Fsp3) is 0.875. The van der Waals surface area contributed by atoms with E-state index in [0.717, 1.165) is 24.7 Å². The number of amides is 2. The number of hydrogen-bond donors (Lipinski definition) is 1. The number of carbonyl (C=O) groups excluding carboxylic acids is 2. The second-order valence-corrected chi connectivity index (χ2v) is 6.68. The van der Waals surface area contributed by atoms with E-state index in [2.05, 4.69) is 19.2 Å². The standard InChI is InChI=1S/C16H28N2O2/c1-4-5-8-18(3)16(20)15(19)17-11(2)14-10-12-6-7-13(14)9-12/h11-14H,4-10H2,1-3H3,(H,17,19). The van der Waals surface area contributed by atoms with Gasteiger partial charge in [0.25, 0.3) is 0 Å². The lowest BCUT2D eigenvalue weighted by atomic mass is 9.84. The smallest absolute Gasteiger partial charge is 0.311 e. The van der Waals surface area contributed by atoms with E-state index in [1.54, 1.807) is 7.05 Å². The van der Waals surface area contributed by atoms with Crippen LogP contribution in [0.15, 0.2) is 0 Å². The molecule has 20 heavy (non-hydrogen) atoms. The van der Waals surface area contributed by atoms with Crippen molar-refractivity contribution < 1.29 is 9.59 Å². The number of hydrogen-bond acceptors (Lipinski definition) is 2. The first kappa shape index (κ1) is 15.3. The lowest BCUT2D eigenvalue weighted by Crippen LogP contribution is -2.47. The highest BCUT2D eigenvalue weighted by Gasteiger charge is 2.42. The van der Waals surface area contributed by atoms with Crippen molar-refractivity contribution in [1.29, 1.82) is 0 Å². The molecule has 2 aliphatic carbocycles. The van der Waals surface area contributed by atoms with Crippen LogP contribution < -0.4 is 5.32 Å². The molecule has 1 N–H and O–H groups in total. The predicted molar refractivity (Wildman–Crippen MR) is 79.1 cm³/mol.